The molecular weight excluding hydrogens is 400 g/mol. The molecule has 2 nitrogen and oxygen atoms in total. The fourth-order valence-electron chi connectivity index (χ4n) is 2.63. The number of hydrogen-bond acceptors (Lipinski definition) is 2. The Hall–Kier alpha value is -1.32. The quantitative estimate of drug-likeness (QED) is 0.514. The van der Waals surface area contributed by atoms with Gasteiger partial charge in [0.2, 0.25) is 0 Å². The number of carbonyl (C=O) groups is 1. The topological polar surface area (TPSA) is 26.3 Å². The molecule has 0 spiro atoms. The summed E-state index contributed by atoms with van der Waals surface area (Å²) in [6, 6.07) is 15.9. The standard InChI is InChI=1S/C21H24BrClO2/c1-21(2,3)25-20(24)17(13-16-5-4-6-18(22)14-16)10-7-15-8-11-19(23)12-9-15/h4-6,8-9,11-12,14,17H,7,10,13H2,1-3H3. The number of esters is 1. The first-order valence-electron chi connectivity index (χ1n) is 8.45. The Bertz CT molecular complexity index is 705. The van der Waals surface area contributed by atoms with Gasteiger partial charge in [0.15, 0.2) is 0 Å². The zero-order valence-electron chi connectivity index (χ0n) is 14.9. The summed E-state index contributed by atoms with van der Waals surface area (Å²) in [4.78, 5) is 12.7. The van der Waals surface area contributed by atoms with Crippen LogP contribution in [-0.4, -0.2) is 11.6 Å². The van der Waals surface area contributed by atoms with E-state index in [1.54, 1.807) is 0 Å². The number of rotatable bonds is 6. The van der Waals surface area contributed by atoms with Crippen molar-refractivity contribution in [2.45, 2.75) is 45.6 Å². The largest absolute Gasteiger partial charge is 0.460 e. The smallest absolute Gasteiger partial charge is 0.309 e. The molecule has 4 heteroatoms. The number of ether oxygens (including phenoxy) is 1. The lowest BCUT2D eigenvalue weighted by molar-refractivity contribution is -0.160. The molecule has 0 aliphatic heterocycles. The summed E-state index contributed by atoms with van der Waals surface area (Å²) in [6.45, 7) is 5.71. The lowest BCUT2D eigenvalue weighted by Gasteiger charge is -2.24. The molecule has 0 saturated heterocycles. The Balaban J connectivity index is 2.10. The van der Waals surface area contributed by atoms with Gasteiger partial charge in [-0.05, 0) is 75.4 Å². The van der Waals surface area contributed by atoms with Crippen LogP contribution in [0.3, 0.4) is 0 Å². The van der Waals surface area contributed by atoms with E-state index in [0.29, 0.717) is 6.42 Å². The van der Waals surface area contributed by atoms with Gasteiger partial charge in [0.1, 0.15) is 5.60 Å². The van der Waals surface area contributed by atoms with Crippen LogP contribution in [0.25, 0.3) is 0 Å². The molecule has 2 aromatic rings. The second kappa shape index (κ2) is 8.86. The molecule has 0 aliphatic carbocycles. The Labute approximate surface area is 163 Å². The van der Waals surface area contributed by atoms with Gasteiger partial charge in [-0.1, -0.05) is 51.8 Å². The predicted octanol–water partition coefficient (Wildman–Crippen LogP) is 6.24. The molecule has 0 amide bonds. The molecule has 0 radical (unpaired) electrons. The van der Waals surface area contributed by atoms with Crippen LogP contribution in [0.5, 0.6) is 0 Å². The number of carbonyl (C=O) groups excluding carboxylic acids is 1. The second-order valence-electron chi connectivity index (χ2n) is 7.23. The second-order valence-corrected chi connectivity index (χ2v) is 8.58. The van der Waals surface area contributed by atoms with Crippen molar-refractivity contribution < 1.29 is 9.53 Å². The van der Waals surface area contributed by atoms with Gasteiger partial charge >= 0.3 is 5.97 Å². The van der Waals surface area contributed by atoms with Crippen molar-refractivity contribution in [1.82, 2.24) is 0 Å². The third-order valence-corrected chi connectivity index (χ3v) is 4.55. The SMILES string of the molecule is CC(C)(C)OC(=O)C(CCc1ccc(Cl)cc1)Cc1cccc(Br)c1. The van der Waals surface area contributed by atoms with E-state index in [0.717, 1.165) is 27.9 Å². The third kappa shape index (κ3) is 7.21. The number of aryl methyl sites for hydroxylation is 1. The highest BCUT2D eigenvalue weighted by Crippen LogP contribution is 2.22. The minimum atomic E-state index is -0.479. The fourth-order valence-corrected chi connectivity index (χ4v) is 3.20. The van der Waals surface area contributed by atoms with E-state index in [1.807, 2.05) is 63.2 Å². The van der Waals surface area contributed by atoms with Gasteiger partial charge in [-0.3, -0.25) is 4.79 Å². The van der Waals surface area contributed by atoms with Crippen LogP contribution in [0, 0.1) is 5.92 Å². The first-order chi connectivity index (χ1) is 11.7. The summed E-state index contributed by atoms with van der Waals surface area (Å²) in [6.07, 6.45) is 2.22. The zero-order chi connectivity index (χ0) is 18.4. The van der Waals surface area contributed by atoms with Gasteiger partial charge in [-0.15, -0.1) is 0 Å². The van der Waals surface area contributed by atoms with E-state index in [4.69, 9.17) is 16.3 Å². The van der Waals surface area contributed by atoms with E-state index in [9.17, 15) is 4.79 Å². The molecule has 0 N–H and O–H groups in total. The zero-order valence-corrected chi connectivity index (χ0v) is 17.2. The summed E-state index contributed by atoms with van der Waals surface area (Å²) in [5.74, 6) is -0.314. The molecule has 0 bridgehead atoms. The summed E-state index contributed by atoms with van der Waals surface area (Å²) in [5.41, 5.74) is 1.82. The van der Waals surface area contributed by atoms with Crippen molar-refractivity contribution in [1.29, 1.82) is 0 Å². The maximum atomic E-state index is 12.7. The predicted molar refractivity (Wildman–Crippen MR) is 107 cm³/mol. The highest BCUT2D eigenvalue weighted by Gasteiger charge is 2.25. The lowest BCUT2D eigenvalue weighted by atomic mass is 9.92. The first kappa shape index (κ1) is 20.0. The van der Waals surface area contributed by atoms with Crippen molar-refractivity contribution in [3.05, 3.63) is 69.2 Å². The molecule has 0 saturated carbocycles. The number of benzene rings is 2. The van der Waals surface area contributed by atoms with Crippen LogP contribution in [0.15, 0.2) is 53.0 Å². The molecule has 0 aliphatic rings. The summed E-state index contributed by atoms with van der Waals surface area (Å²) in [5, 5.41) is 0.724. The number of hydrogen-bond donors (Lipinski definition) is 0. The first-order valence-corrected chi connectivity index (χ1v) is 9.62. The summed E-state index contributed by atoms with van der Waals surface area (Å²) in [7, 11) is 0. The van der Waals surface area contributed by atoms with Gasteiger partial charge in [-0.25, -0.2) is 0 Å². The Morgan fingerprint density at radius 2 is 1.80 bits per heavy atom. The van der Waals surface area contributed by atoms with Gasteiger partial charge in [0.25, 0.3) is 0 Å². The third-order valence-electron chi connectivity index (χ3n) is 3.81. The average molecular weight is 424 g/mol. The van der Waals surface area contributed by atoms with Crippen molar-refractivity contribution >= 4 is 33.5 Å². The molecule has 1 unspecified atom stereocenters. The Morgan fingerprint density at radius 1 is 1.12 bits per heavy atom. The van der Waals surface area contributed by atoms with Crippen molar-refractivity contribution in [2.24, 2.45) is 5.92 Å². The van der Waals surface area contributed by atoms with E-state index in [2.05, 4.69) is 22.0 Å². The monoisotopic (exact) mass is 422 g/mol. The van der Waals surface area contributed by atoms with E-state index >= 15 is 0 Å². The van der Waals surface area contributed by atoms with Crippen LogP contribution in [-0.2, 0) is 22.4 Å². The van der Waals surface area contributed by atoms with Gasteiger partial charge in [0, 0.05) is 9.50 Å². The van der Waals surface area contributed by atoms with Crippen LogP contribution in [0.4, 0.5) is 0 Å². The molecular formula is C21H24BrClO2. The van der Waals surface area contributed by atoms with Crippen molar-refractivity contribution in [3.63, 3.8) is 0 Å². The molecule has 25 heavy (non-hydrogen) atoms. The fraction of sp³-hybridized carbons (Fsp3) is 0.381. The molecule has 2 rings (SSSR count). The van der Waals surface area contributed by atoms with Crippen LogP contribution in [0.2, 0.25) is 5.02 Å². The van der Waals surface area contributed by atoms with Crippen LogP contribution in [0.1, 0.15) is 38.3 Å². The van der Waals surface area contributed by atoms with Crippen molar-refractivity contribution in [3.8, 4) is 0 Å². The van der Waals surface area contributed by atoms with Crippen LogP contribution < -0.4 is 0 Å². The summed E-state index contributed by atoms with van der Waals surface area (Å²) >= 11 is 9.43. The van der Waals surface area contributed by atoms with Crippen LogP contribution >= 0.6 is 27.5 Å². The molecule has 0 heterocycles. The maximum Gasteiger partial charge on any atom is 0.309 e. The minimum absolute atomic E-state index is 0.138. The van der Waals surface area contributed by atoms with Crippen molar-refractivity contribution in [2.75, 3.05) is 0 Å². The highest BCUT2D eigenvalue weighted by molar-refractivity contribution is 9.10. The van der Waals surface area contributed by atoms with Gasteiger partial charge in [-0.2, -0.15) is 0 Å². The maximum absolute atomic E-state index is 12.7. The van der Waals surface area contributed by atoms with Gasteiger partial charge < -0.3 is 4.74 Å². The molecule has 1 atom stereocenters. The average Bonchev–Trinajstić information content (AvgIpc) is 2.51. The Kier molecular flexibility index (Phi) is 7.09. The molecule has 134 valence electrons. The minimum Gasteiger partial charge on any atom is -0.460 e. The lowest BCUT2D eigenvalue weighted by Crippen LogP contribution is -2.30. The summed E-state index contributed by atoms with van der Waals surface area (Å²) < 4.78 is 6.66. The highest BCUT2D eigenvalue weighted by atomic mass is 79.9. The number of halogens is 2. The normalized spacial score (nSPS) is 12.7. The van der Waals surface area contributed by atoms with E-state index in [-0.39, 0.29) is 11.9 Å². The van der Waals surface area contributed by atoms with E-state index in [1.165, 1.54) is 5.56 Å². The van der Waals surface area contributed by atoms with E-state index < -0.39 is 5.60 Å². The van der Waals surface area contributed by atoms with Gasteiger partial charge in [0.05, 0.1) is 5.92 Å². The molecule has 0 fully saturated rings. The molecule has 0 aromatic heterocycles. The molecule has 2 aromatic carbocycles. The Morgan fingerprint density at radius 3 is 2.40 bits per heavy atom.